The monoisotopic (exact) mass is 210 g/mol. The minimum absolute atomic E-state index is 0.00728. The quantitative estimate of drug-likeness (QED) is 0.665. The maximum Gasteiger partial charge on any atom is 0.178 e. The van der Waals surface area contributed by atoms with Gasteiger partial charge in [-0.05, 0) is 35.5 Å². The van der Waals surface area contributed by atoms with Crippen LogP contribution in [0.15, 0.2) is 71.9 Å². The van der Waals surface area contributed by atoms with Crippen LogP contribution in [0.3, 0.4) is 0 Å². The van der Waals surface area contributed by atoms with Crippen LogP contribution < -0.4 is 0 Å². The average Bonchev–Trinajstić information content (AvgIpc) is 2.30. The molecular formula is C14H10O2. The zero-order valence-corrected chi connectivity index (χ0v) is 8.59. The predicted octanol–water partition coefficient (Wildman–Crippen LogP) is 2.23. The van der Waals surface area contributed by atoms with Crippen molar-refractivity contribution < 1.29 is 9.59 Å². The Labute approximate surface area is 93.7 Å². The Balaban J connectivity index is 2.12. The maximum atomic E-state index is 10.9. The van der Waals surface area contributed by atoms with Crippen LogP contribution >= 0.6 is 0 Å². The van der Waals surface area contributed by atoms with Gasteiger partial charge in [0.05, 0.1) is 0 Å². The summed E-state index contributed by atoms with van der Waals surface area (Å²) in [6, 6.07) is 0. The summed E-state index contributed by atoms with van der Waals surface area (Å²) >= 11 is 0. The zero-order valence-electron chi connectivity index (χ0n) is 8.59. The molecule has 0 aromatic carbocycles. The van der Waals surface area contributed by atoms with E-state index in [-0.39, 0.29) is 11.6 Å². The van der Waals surface area contributed by atoms with E-state index in [4.69, 9.17) is 0 Å². The summed E-state index contributed by atoms with van der Waals surface area (Å²) in [5, 5.41) is 0. The molecule has 0 amide bonds. The molecule has 0 aromatic heterocycles. The highest BCUT2D eigenvalue weighted by molar-refractivity contribution is 6.02. The van der Waals surface area contributed by atoms with Gasteiger partial charge in [0.2, 0.25) is 0 Å². The molecule has 0 atom stereocenters. The third-order valence-corrected chi connectivity index (χ3v) is 2.23. The van der Waals surface area contributed by atoms with Gasteiger partial charge in [-0.1, -0.05) is 36.5 Å². The lowest BCUT2D eigenvalue weighted by Gasteiger charge is -1.99. The molecule has 2 aliphatic rings. The van der Waals surface area contributed by atoms with Crippen molar-refractivity contribution >= 4 is 11.6 Å². The van der Waals surface area contributed by atoms with E-state index < -0.39 is 0 Å². The molecule has 78 valence electrons. The van der Waals surface area contributed by atoms with Gasteiger partial charge in [0.15, 0.2) is 11.6 Å². The molecule has 0 saturated carbocycles. The SMILES string of the molecule is O=C1C=CC(=CC=C2C=CC(=O)C=C2)C=C1. The van der Waals surface area contributed by atoms with Gasteiger partial charge < -0.3 is 0 Å². The maximum absolute atomic E-state index is 10.9. The molecular weight excluding hydrogens is 200 g/mol. The van der Waals surface area contributed by atoms with Crippen LogP contribution in [0.4, 0.5) is 0 Å². The van der Waals surface area contributed by atoms with Crippen LogP contribution in [-0.4, -0.2) is 11.6 Å². The number of carbonyl (C=O) groups is 2. The van der Waals surface area contributed by atoms with Gasteiger partial charge in [0.1, 0.15) is 0 Å². The average molecular weight is 210 g/mol. The van der Waals surface area contributed by atoms with Crippen molar-refractivity contribution in [3.63, 3.8) is 0 Å². The highest BCUT2D eigenvalue weighted by atomic mass is 16.1. The number of rotatable bonds is 1. The van der Waals surface area contributed by atoms with Crippen molar-refractivity contribution in [2.24, 2.45) is 0 Å². The highest BCUT2D eigenvalue weighted by Gasteiger charge is 1.98. The van der Waals surface area contributed by atoms with Crippen molar-refractivity contribution in [1.29, 1.82) is 0 Å². The normalized spacial score (nSPS) is 18.2. The minimum atomic E-state index is 0.00728. The molecule has 2 nitrogen and oxygen atoms in total. The van der Waals surface area contributed by atoms with Gasteiger partial charge >= 0.3 is 0 Å². The van der Waals surface area contributed by atoms with E-state index in [0.29, 0.717) is 0 Å². The van der Waals surface area contributed by atoms with Crippen molar-refractivity contribution in [3.05, 3.63) is 71.9 Å². The van der Waals surface area contributed by atoms with Gasteiger partial charge in [-0.3, -0.25) is 9.59 Å². The summed E-state index contributed by atoms with van der Waals surface area (Å²) in [6.07, 6.45) is 17.0. The van der Waals surface area contributed by atoms with Crippen LogP contribution in [-0.2, 0) is 9.59 Å². The first-order chi connectivity index (χ1) is 7.74. The lowest BCUT2D eigenvalue weighted by atomic mass is 10.1. The van der Waals surface area contributed by atoms with Crippen LogP contribution in [0.25, 0.3) is 0 Å². The Kier molecular flexibility index (Phi) is 2.92. The Morgan fingerprint density at radius 2 is 0.875 bits per heavy atom. The third kappa shape index (κ3) is 2.64. The van der Waals surface area contributed by atoms with E-state index in [9.17, 15) is 9.59 Å². The Hall–Kier alpha value is -2.22. The summed E-state index contributed by atoms with van der Waals surface area (Å²) in [5.41, 5.74) is 1.93. The molecule has 2 aliphatic carbocycles. The predicted molar refractivity (Wildman–Crippen MR) is 62.7 cm³/mol. The van der Waals surface area contributed by atoms with Crippen LogP contribution in [0.1, 0.15) is 0 Å². The zero-order chi connectivity index (χ0) is 11.4. The Morgan fingerprint density at radius 1 is 0.562 bits per heavy atom. The van der Waals surface area contributed by atoms with Gasteiger partial charge in [-0.15, -0.1) is 0 Å². The number of hydrogen-bond donors (Lipinski definition) is 0. The van der Waals surface area contributed by atoms with E-state index >= 15 is 0 Å². The molecule has 2 heteroatoms. The van der Waals surface area contributed by atoms with E-state index in [1.54, 1.807) is 24.3 Å². The van der Waals surface area contributed by atoms with Crippen molar-refractivity contribution in [3.8, 4) is 0 Å². The second-order valence-electron chi connectivity index (χ2n) is 3.47. The number of allylic oxidation sites excluding steroid dienone is 12. The summed E-state index contributed by atoms with van der Waals surface area (Å²) in [4.78, 5) is 21.7. The Morgan fingerprint density at radius 3 is 1.19 bits per heavy atom. The van der Waals surface area contributed by atoms with Gasteiger partial charge in [-0.25, -0.2) is 0 Å². The molecule has 0 unspecified atom stereocenters. The molecule has 0 fully saturated rings. The molecule has 0 spiro atoms. The number of hydrogen-bond acceptors (Lipinski definition) is 2. The Bertz CT molecular complexity index is 425. The minimum Gasteiger partial charge on any atom is -0.290 e. The molecule has 0 bridgehead atoms. The summed E-state index contributed by atoms with van der Waals surface area (Å²) in [6.45, 7) is 0. The van der Waals surface area contributed by atoms with Crippen LogP contribution in [0.2, 0.25) is 0 Å². The summed E-state index contributed by atoms with van der Waals surface area (Å²) < 4.78 is 0. The number of carbonyl (C=O) groups excluding carboxylic acids is 2. The van der Waals surface area contributed by atoms with E-state index in [1.165, 1.54) is 24.3 Å². The van der Waals surface area contributed by atoms with Crippen molar-refractivity contribution in [2.75, 3.05) is 0 Å². The molecule has 0 saturated heterocycles. The van der Waals surface area contributed by atoms with Gasteiger partial charge in [0, 0.05) is 0 Å². The second kappa shape index (κ2) is 4.53. The fourth-order valence-corrected chi connectivity index (χ4v) is 1.35. The first kappa shape index (κ1) is 10.3. The third-order valence-electron chi connectivity index (χ3n) is 2.23. The summed E-state index contributed by atoms with van der Waals surface area (Å²) in [5.74, 6) is 0.0146. The van der Waals surface area contributed by atoms with E-state index in [2.05, 4.69) is 0 Å². The van der Waals surface area contributed by atoms with Crippen LogP contribution in [0.5, 0.6) is 0 Å². The first-order valence-corrected chi connectivity index (χ1v) is 4.96. The van der Waals surface area contributed by atoms with Crippen molar-refractivity contribution in [2.45, 2.75) is 0 Å². The highest BCUT2D eigenvalue weighted by Crippen LogP contribution is 2.10. The molecule has 0 radical (unpaired) electrons. The standard InChI is InChI=1S/C14H10O2/c15-13-7-3-11(4-8-13)1-2-12-5-9-14(16)10-6-12/h1-10H. The lowest BCUT2D eigenvalue weighted by Crippen LogP contribution is -1.92. The lowest BCUT2D eigenvalue weighted by molar-refractivity contribution is -0.111. The topological polar surface area (TPSA) is 34.1 Å². The summed E-state index contributed by atoms with van der Waals surface area (Å²) in [7, 11) is 0. The van der Waals surface area contributed by atoms with Gasteiger partial charge in [0.25, 0.3) is 0 Å². The molecule has 0 N–H and O–H groups in total. The molecule has 0 aliphatic heterocycles. The van der Waals surface area contributed by atoms with E-state index in [1.807, 2.05) is 12.2 Å². The van der Waals surface area contributed by atoms with Crippen molar-refractivity contribution in [1.82, 2.24) is 0 Å². The molecule has 16 heavy (non-hydrogen) atoms. The number of ketones is 2. The second-order valence-corrected chi connectivity index (χ2v) is 3.47. The fourth-order valence-electron chi connectivity index (χ4n) is 1.35. The van der Waals surface area contributed by atoms with E-state index in [0.717, 1.165) is 11.1 Å². The van der Waals surface area contributed by atoms with Crippen LogP contribution in [0, 0.1) is 0 Å². The molecule has 0 aromatic rings. The first-order valence-electron chi connectivity index (χ1n) is 4.96. The molecule has 0 heterocycles. The fraction of sp³-hybridized carbons (Fsp3) is 0. The largest absolute Gasteiger partial charge is 0.290 e. The van der Waals surface area contributed by atoms with Gasteiger partial charge in [-0.2, -0.15) is 0 Å². The smallest absolute Gasteiger partial charge is 0.178 e. The molecule has 2 rings (SSSR count).